The van der Waals surface area contributed by atoms with Crippen LogP contribution in [0.5, 0.6) is 0 Å². The van der Waals surface area contributed by atoms with Crippen molar-refractivity contribution in [1.29, 1.82) is 0 Å². The van der Waals surface area contributed by atoms with Crippen molar-refractivity contribution in [3.8, 4) is 0 Å². The second-order valence-corrected chi connectivity index (χ2v) is 12.1. The second kappa shape index (κ2) is 4.74. The van der Waals surface area contributed by atoms with Crippen LogP contribution in [-0.4, -0.2) is 24.5 Å². The van der Waals surface area contributed by atoms with Crippen molar-refractivity contribution in [1.82, 2.24) is 0 Å². The summed E-state index contributed by atoms with van der Waals surface area (Å²) in [7, 11) is -0.379. The van der Waals surface area contributed by atoms with Crippen LogP contribution in [0.15, 0.2) is 22.8 Å². The van der Waals surface area contributed by atoms with Crippen LogP contribution in [0.4, 0.5) is 0 Å². The van der Waals surface area contributed by atoms with Gasteiger partial charge in [-0.15, -0.1) is 0 Å². The van der Waals surface area contributed by atoms with Gasteiger partial charge in [-0.05, 0) is 75.4 Å². The molecule has 1 fully saturated rings. The van der Waals surface area contributed by atoms with Crippen LogP contribution in [0.1, 0.15) is 34.1 Å². The van der Waals surface area contributed by atoms with Gasteiger partial charge < -0.3 is 0 Å². The van der Waals surface area contributed by atoms with Gasteiger partial charge in [0.2, 0.25) is 0 Å². The van der Waals surface area contributed by atoms with Crippen molar-refractivity contribution in [2.45, 2.75) is 34.1 Å². The van der Waals surface area contributed by atoms with E-state index in [0.717, 1.165) is 23.7 Å². The maximum absolute atomic E-state index is 2.48. The molecule has 0 heterocycles. The lowest BCUT2D eigenvalue weighted by Gasteiger charge is -2.36. The van der Waals surface area contributed by atoms with Gasteiger partial charge in [-0.1, -0.05) is 29.7 Å². The quantitative estimate of drug-likeness (QED) is 0.669. The first-order valence-corrected chi connectivity index (χ1v) is 10.2. The molecule has 0 saturated heterocycles. The monoisotopic (exact) mass is 266 g/mol. The van der Waals surface area contributed by atoms with E-state index < -0.39 is 0 Å². The summed E-state index contributed by atoms with van der Waals surface area (Å²) in [5.74, 6) is 4.94. The van der Waals surface area contributed by atoms with E-state index in [9.17, 15) is 0 Å². The molecule has 0 N–H and O–H groups in total. The molecule has 104 valence electrons. The van der Waals surface area contributed by atoms with E-state index >= 15 is 0 Å². The molecule has 0 radical (unpaired) electrons. The van der Waals surface area contributed by atoms with Crippen molar-refractivity contribution in [2.24, 2.45) is 23.7 Å². The molecule has 0 bridgehead atoms. The predicted molar refractivity (Wildman–Crippen MR) is 86.6 cm³/mol. The molecule has 4 unspecified atom stereocenters. The second-order valence-electron chi connectivity index (χ2n) is 7.54. The lowest BCUT2D eigenvalue weighted by Crippen LogP contribution is -2.25. The molecule has 0 aromatic heterocycles. The molecule has 0 amide bonds. The summed E-state index contributed by atoms with van der Waals surface area (Å²) < 4.78 is 0. The van der Waals surface area contributed by atoms with E-state index in [4.69, 9.17) is 0 Å². The van der Waals surface area contributed by atoms with Crippen LogP contribution in [0.25, 0.3) is 0 Å². The number of hydrogen-bond acceptors (Lipinski definition) is 0. The van der Waals surface area contributed by atoms with E-state index in [1.165, 1.54) is 17.7 Å². The zero-order chi connectivity index (χ0) is 13.7. The van der Waals surface area contributed by atoms with Gasteiger partial charge in [0.15, 0.2) is 0 Å². The minimum Gasteiger partial charge on any atom is -0.249 e. The third-order valence-corrected chi connectivity index (χ3v) is 6.42. The zero-order valence-corrected chi connectivity index (χ0v) is 14.0. The van der Waals surface area contributed by atoms with Gasteiger partial charge in [-0.2, -0.15) is 0 Å². The molecule has 2 aliphatic carbocycles. The molecular formula is C17H30S. The van der Waals surface area contributed by atoms with Gasteiger partial charge in [-0.25, -0.2) is 10.0 Å². The Labute approximate surface area is 115 Å². The van der Waals surface area contributed by atoms with E-state index in [1.54, 1.807) is 11.1 Å². The van der Waals surface area contributed by atoms with E-state index in [2.05, 4.69) is 52.5 Å². The fraction of sp³-hybridized carbons (Fsp3) is 0.765. The molecule has 1 heteroatoms. The van der Waals surface area contributed by atoms with Crippen molar-refractivity contribution in [2.75, 3.05) is 24.5 Å². The Kier molecular flexibility index (Phi) is 3.75. The summed E-state index contributed by atoms with van der Waals surface area (Å²) in [5.41, 5.74) is 4.86. The summed E-state index contributed by atoms with van der Waals surface area (Å²) in [6.07, 6.45) is 11.3. The topological polar surface area (TPSA) is 0 Å². The molecular weight excluding hydrogens is 236 g/mol. The average Bonchev–Trinajstić information content (AvgIpc) is 2.49. The first-order chi connectivity index (χ1) is 8.20. The average molecular weight is 266 g/mol. The minimum absolute atomic E-state index is 0.379. The molecule has 2 aliphatic rings. The standard InChI is InChI=1S/C17H30S/c1-11-8-12(2)17-15(10-18(5,6)7)9-13(3)16(17)14(11)4/h8,13,15-17H,9-10H2,1-7H3. The molecule has 0 aromatic carbocycles. The third-order valence-electron chi connectivity index (χ3n) is 4.99. The van der Waals surface area contributed by atoms with Gasteiger partial charge in [-0.3, -0.25) is 0 Å². The van der Waals surface area contributed by atoms with Crippen LogP contribution in [-0.2, 0) is 0 Å². The highest BCUT2D eigenvalue weighted by Crippen LogP contribution is 2.54. The predicted octanol–water partition coefficient (Wildman–Crippen LogP) is 4.87. The van der Waals surface area contributed by atoms with Crippen LogP contribution in [0.2, 0.25) is 0 Å². The summed E-state index contributed by atoms with van der Waals surface area (Å²) in [4.78, 5) is 0. The van der Waals surface area contributed by atoms with Crippen molar-refractivity contribution in [3.63, 3.8) is 0 Å². The highest BCUT2D eigenvalue weighted by Gasteiger charge is 2.44. The molecule has 1 saturated carbocycles. The highest BCUT2D eigenvalue weighted by atomic mass is 32.3. The SMILES string of the molecule is CC1=CC(C)=C(C)C2C(C)CC(CS(C)(C)C)C12. The molecule has 0 spiro atoms. The first-order valence-electron chi connectivity index (χ1n) is 7.22. The van der Waals surface area contributed by atoms with Gasteiger partial charge in [0.05, 0.1) is 0 Å². The van der Waals surface area contributed by atoms with Crippen LogP contribution in [0, 0.1) is 23.7 Å². The lowest BCUT2D eigenvalue weighted by atomic mass is 9.73. The largest absolute Gasteiger partial charge is 0.249 e. The van der Waals surface area contributed by atoms with Crippen molar-refractivity contribution in [3.05, 3.63) is 22.8 Å². The smallest absolute Gasteiger partial charge is 0.00987 e. The molecule has 2 rings (SSSR count). The maximum atomic E-state index is 2.48. The Morgan fingerprint density at radius 2 is 1.72 bits per heavy atom. The van der Waals surface area contributed by atoms with Crippen molar-refractivity contribution < 1.29 is 0 Å². The Balaban J connectivity index is 2.29. The normalized spacial score (nSPS) is 37.6. The molecule has 0 aliphatic heterocycles. The Morgan fingerprint density at radius 1 is 1.11 bits per heavy atom. The Bertz CT molecular complexity index is 394. The summed E-state index contributed by atoms with van der Waals surface area (Å²) in [5, 5.41) is 0. The number of hydrogen-bond donors (Lipinski definition) is 0. The number of fused-ring (bicyclic) bond motifs is 1. The highest BCUT2D eigenvalue weighted by molar-refractivity contribution is 8.32. The van der Waals surface area contributed by atoms with Gasteiger partial charge in [0.25, 0.3) is 0 Å². The van der Waals surface area contributed by atoms with Gasteiger partial charge in [0, 0.05) is 0 Å². The summed E-state index contributed by atoms with van der Waals surface area (Å²) >= 11 is 0. The fourth-order valence-corrected chi connectivity index (χ4v) is 6.03. The molecule has 18 heavy (non-hydrogen) atoms. The number of allylic oxidation sites excluding steroid dienone is 4. The van der Waals surface area contributed by atoms with Crippen LogP contribution in [0.3, 0.4) is 0 Å². The first kappa shape index (κ1) is 14.2. The minimum atomic E-state index is -0.379. The lowest BCUT2D eigenvalue weighted by molar-refractivity contribution is 0.385. The molecule has 4 atom stereocenters. The van der Waals surface area contributed by atoms with Crippen LogP contribution < -0.4 is 0 Å². The Hall–Kier alpha value is -0.170. The van der Waals surface area contributed by atoms with Gasteiger partial charge in [0.1, 0.15) is 0 Å². The maximum Gasteiger partial charge on any atom is -0.00987 e. The van der Waals surface area contributed by atoms with E-state index in [-0.39, 0.29) is 10.0 Å². The van der Waals surface area contributed by atoms with Crippen molar-refractivity contribution >= 4 is 10.0 Å². The zero-order valence-electron chi connectivity index (χ0n) is 13.2. The third kappa shape index (κ3) is 2.57. The Morgan fingerprint density at radius 3 is 2.28 bits per heavy atom. The van der Waals surface area contributed by atoms with Gasteiger partial charge >= 0.3 is 0 Å². The number of rotatable bonds is 2. The molecule has 0 aromatic rings. The van der Waals surface area contributed by atoms with E-state index in [0.29, 0.717) is 0 Å². The summed E-state index contributed by atoms with van der Waals surface area (Å²) in [6, 6.07) is 0. The fourth-order valence-electron chi connectivity index (χ4n) is 4.40. The van der Waals surface area contributed by atoms with E-state index in [1.807, 2.05) is 0 Å². The van der Waals surface area contributed by atoms with Crippen LogP contribution >= 0.6 is 10.0 Å². The molecule has 0 nitrogen and oxygen atoms in total. The summed E-state index contributed by atoms with van der Waals surface area (Å²) in [6.45, 7) is 9.52.